The second-order valence-electron chi connectivity index (χ2n) is 3.26. The van der Waals surface area contributed by atoms with E-state index in [2.05, 4.69) is 16.4 Å². The van der Waals surface area contributed by atoms with Gasteiger partial charge in [0, 0.05) is 11.9 Å². The first-order chi connectivity index (χ1) is 6.77. The summed E-state index contributed by atoms with van der Waals surface area (Å²) in [6.07, 6.45) is 1.80. The molecule has 2 aromatic heterocycles. The number of pyridine rings is 1. The molecule has 72 valence electrons. The summed E-state index contributed by atoms with van der Waals surface area (Å²) >= 11 is 1.67. The van der Waals surface area contributed by atoms with Crippen molar-refractivity contribution >= 4 is 11.3 Å². The van der Waals surface area contributed by atoms with Gasteiger partial charge in [0.1, 0.15) is 0 Å². The minimum Gasteiger partial charge on any atom is -0.320 e. The van der Waals surface area contributed by atoms with Gasteiger partial charge in [-0.05, 0) is 47.0 Å². The van der Waals surface area contributed by atoms with Crippen LogP contribution in [0.3, 0.4) is 0 Å². The Kier molecular flexibility index (Phi) is 2.61. The average molecular weight is 204 g/mol. The van der Waals surface area contributed by atoms with E-state index < -0.39 is 0 Å². The molecule has 0 saturated carbocycles. The summed E-state index contributed by atoms with van der Waals surface area (Å²) in [5.74, 6) is 0. The Morgan fingerprint density at radius 3 is 2.86 bits per heavy atom. The number of aromatic nitrogens is 1. The van der Waals surface area contributed by atoms with Crippen LogP contribution in [-0.4, -0.2) is 4.98 Å². The van der Waals surface area contributed by atoms with E-state index in [1.54, 1.807) is 17.5 Å². The molecule has 0 spiro atoms. The smallest absolute Gasteiger partial charge is 0.0561 e. The Morgan fingerprint density at radius 1 is 1.36 bits per heavy atom. The molecule has 1 atom stereocenters. The molecular formula is C11H12N2S. The fourth-order valence-corrected chi connectivity index (χ4v) is 2.10. The van der Waals surface area contributed by atoms with E-state index in [1.165, 1.54) is 5.56 Å². The molecule has 14 heavy (non-hydrogen) atoms. The number of hydrogen-bond donors (Lipinski definition) is 1. The van der Waals surface area contributed by atoms with Crippen molar-refractivity contribution in [3.63, 3.8) is 0 Å². The van der Waals surface area contributed by atoms with Gasteiger partial charge in [-0.15, -0.1) is 0 Å². The fourth-order valence-electron chi connectivity index (χ4n) is 1.41. The first-order valence-corrected chi connectivity index (χ1v) is 5.42. The standard InChI is InChI=1S/C11H12N2S/c1-8-6-9(2-4-13-8)11(12)10-3-5-14-7-10/h2-7,11H,12H2,1H3. The summed E-state index contributed by atoms with van der Waals surface area (Å²) in [6.45, 7) is 1.98. The van der Waals surface area contributed by atoms with E-state index in [-0.39, 0.29) is 6.04 Å². The first-order valence-electron chi connectivity index (χ1n) is 4.47. The zero-order valence-corrected chi connectivity index (χ0v) is 8.79. The highest BCUT2D eigenvalue weighted by atomic mass is 32.1. The van der Waals surface area contributed by atoms with Gasteiger partial charge < -0.3 is 5.73 Å². The fraction of sp³-hybridized carbons (Fsp3) is 0.182. The molecule has 0 saturated heterocycles. The molecule has 0 aliphatic heterocycles. The minimum absolute atomic E-state index is 0.0250. The van der Waals surface area contributed by atoms with E-state index in [9.17, 15) is 0 Å². The number of aryl methyl sites for hydroxylation is 1. The summed E-state index contributed by atoms with van der Waals surface area (Å²) in [6, 6.07) is 6.03. The molecule has 2 aromatic rings. The molecule has 0 aliphatic rings. The lowest BCUT2D eigenvalue weighted by Crippen LogP contribution is -2.11. The van der Waals surface area contributed by atoms with Crippen LogP contribution in [-0.2, 0) is 0 Å². The molecule has 3 heteroatoms. The van der Waals surface area contributed by atoms with Crippen molar-refractivity contribution < 1.29 is 0 Å². The van der Waals surface area contributed by atoms with Crippen LogP contribution in [0.4, 0.5) is 0 Å². The second-order valence-corrected chi connectivity index (χ2v) is 4.04. The zero-order chi connectivity index (χ0) is 9.97. The predicted octanol–water partition coefficient (Wildman–Crippen LogP) is 2.50. The molecule has 0 radical (unpaired) electrons. The van der Waals surface area contributed by atoms with Crippen molar-refractivity contribution in [3.8, 4) is 0 Å². The van der Waals surface area contributed by atoms with Gasteiger partial charge in [0.25, 0.3) is 0 Å². The quantitative estimate of drug-likeness (QED) is 0.816. The predicted molar refractivity (Wildman–Crippen MR) is 59.3 cm³/mol. The molecule has 1 unspecified atom stereocenters. The van der Waals surface area contributed by atoms with Crippen molar-refractivity contribution in [1.29, 1.82) is 0 Å². The van der Waals surface area contributed by atoms with Gasteiger partial charge in [-0.2, -0.15) is 11.3 Å². The van der Waals surface area contributed by atoms with Crippen molar-refractivity contribution in [2.75, 3.05) is 0 Å². The Hall–Kier alpha value is -1.19. The van der Waals surface area contributed by atoms with E-state index in [0.29, 0.717) is 0 Å². The number of rotatable bonds is 2. The second kappa shape index (κ2) is 3.90. The van der Waals surface area contributed by atoms with Crippen molar-refractivity contribution in [3.05, 3.63) is 52.0 Å². The number of nitrogens with zero attached hydrogens (tertiary/aromatic N) is 1. The van der Waals surface area contributed by atoms with Crippen molar-refractivity contribution in [2.45, 2.75) is 13.0 Å². The van der Waals surface area contributed by atoms with Crippen LogP contribution in [0.5, 0.6) is 0 Å². The number of thiophene rings is 1. The third kappa shape index (κ3) is 1.84. The van der Waals surface area contributed by atoms with Crippen LogP contribution in [0.15, 0.2) is 35.2 Å². The third-order valence-corrected chi connectivity index (χ3v) is 2.88. The van der Waals surface area contributed by atoms with Gasteiger partial charge in [0.15, 0.2) is 0 Å². The van der Waals surface area contributed by atoms with Gasteiger partial charge in [-0.25, -0.2) is 0 Å². The van der Waals surface area contributed by atoms with Gasteiger partial charge in [0.05, 0.1) is 6.04 Å². The normalized spacial score (nSPS) is 12.7. The minimum atomic E-state index is -0.0250. The Morgan fingerprint density at radius 2 is 2.21 bits per heavy atom. The summed E-state index contributed by atoms with van der Waals surface area (Å²) in [7, 11) is 0. The molecule has 0 amide bonds. The highest BCUT2D eigenvalue weighted by Gasteiger charge is 2.08. The Bertz CT molecular complexity index is 409. The maximum Gasteiger partial charge on any atom is 0.0561 e. The third-order valence-electron chi connectivity index (χ3n) is 2.18. The SMILES string of the molecule is Cc1cc(C(N)c2ccsc2)ccn1. The monoisotopic (exact) mass is 204 g/mol. The molecule has 2 nitrogen and oxygen atoms in total. The van der Waals surface area contributed by atoms with Gasteiger partial charge in [-0.3, -0.25) is 4.98 Å². The molecule has 0 aromatic carbocycles. The summed E-state index contributed by atoms with van der Waals surface area (Å²) in [4.78, 5) is 4.15. The van der Waals surface area contributed by atoms with Crippen molar-refractivity contribution in [2.24, 2.45) is 5.73 Å². The van der Waals surface area contributed by atoms with Crippen LogP contribution in [0, 0.1) is 6.92 Å². The van der Waals surface area contributed by atoms with E-state index in [0.717, 1.165) is 11.3 Å². The molecule has 0 aliphatic carbocycles. The number of nitrogens with two attached hydrogens (primary N) is 1. The Labute approximate surface area is 87.4 Å². The average Bonchev–Trinajstić information content (AvgIpc) is 2.69. The molecule has 0 fully saturated rings. The maximum absolute atomic E-state index is 6.11. The summed E-state index contributed by atoms with van der Waals surface area (Å²) in [5, 5.41) is 4.13. The van der Waals surface area contributed by atoms with Crippen LogP contribution in [0.1, 0.15) is 22.9 Å². The summed E-state index contributed by atoms with van der Waals surface area (Å²) < 4.78 is 0. The lowest BCUT2D eigenvalue weighted by molar-refractivity contribution is 0.869. The molecule has 2 rings (SSSR count). The molecule has 2 heterocycles. The van der Waals surface area contributed by atoms with E-state index in [1.807, 2.05) is 24.4 Å². The largest absolute Gasteiger partial charge is 0.320 e. The number of hydrogen-bond acceptors (Lipinski definition) is 3. The Balaban J connectivity index is 2.32. The lowest BCUT2D eigenvalue weighted by Gasteiger charge is -2.10. The summed E-state index contributed by atoms with van der Waals surface area (Å²) in [5.41, 5.74) is 9.40. The zero-order valence-electron chi connectivity index (χ0n) is 7.97. The van der Waals surface area contributed by atoms with Crippen LogP contribution >= 0.6 is 11.3 Å². The highest BCUT2D eigenvalue weighted by molar-refractivity contribution is 7.08. The van der Waals surface area contributed by atoms with Gasteiger partial charge >= 0.3 is 0 Å². The topological polar surface area (TPSA) is 38.9 Å². The van der Waals surface area contributed by atoms with E-state index in [4.69, 9.17) is 5.73 Å². The maximum atomic E-state index is 6.11. The lowest BCUT2D eigenvalue weighted by atomic mass is 10.0. The first kappa shape index (κ1) is 9.37. The van der Waals surface area contributed by atoms with Crippen LogP contribution < -0.4 is 5.73 Å². The van der Waals surface area contributed by atoms with Gasteiger partial charge in [0.2, 0.25) is 0 Å². The van der Waals surface area contributed by atoms with Crippen LogP contribution in [0.25, 0.3) is 0 Å². The van der Waals surface area contributed by atoms with E-state index >= 15 is 0 Å². The molecule has 2 N–H and O–H groups in total. The van der Waals surface area contributed by atoms with Crippen molar-refractivity contribution in [1.82, 2.24) is 4.98 Å². The van der Waals surface area contributed by atoms with Crippen LogP contribution in [0.2, 0.25) is 0 Å². The highest BCUT2D eigenvalue weighted by Crippen LogP contribution is 2.21. The molecule has 0 bridgehead atoms. The van der Waals surface area contributed by atoms with Gasteiger partial charge in [-0.1, -0.05) is 0 Å². The molecular weight excluding hydrogens is 192 g/mol.